The van der Waals surface area contributed by atoms with Crippen LogP contribution in [0, 0.1) is 0 Å². The molecular weight excluding hydrogens is 272 g/mol. The van der Waals surface area contributed by atoms with Crippen LogP contribution >= 0.6 is 11.3 Å². The lowest BCUT2D eigenvalue weighted by Crippen LogP contribution is -2.19. The lowest BCUT2D eigenvalue weighted by atomic mass is 10.1. The van der Waals surface area contributed by atoms with E-state index in [2.05, 4.69) is 10.7 Å². The molecule has 0 saturated heterocycles. The number of hydrogen-bond acceptors (Lipinski definition) is 5. The van der Waals surface area contributed by atoms with Gasteiger partial charge in [0.1, 0.15) is 0 Å². The zero-order chi connectivity index (χ0) is 13.4. The molecular formula is C15H16N2O2S. The van der Waals surface area contributed by atoms with E-state index in [1.54, 1.807) is 11.3 Å². The fourth-order valence-electron chi connectivity index (χ4n) is 2.28. The summed E-state index contributed by atoms with van der Waals surface area (Å²) >= 11 is 1.73. The largest absolute Gasteiger partial charge is 0.454 e. The molecule has 0 spiro atoms. The van der Waals surface area contributed by atoms with Crippen LogP contribution in [0.5, 0.6) is 11.5 Å². The Labute approximate surface area is 121 Å². The highest BCUT2D eigenvalue weighted by Gasteiger charge is 2.20. The summed E-state index contributed by atoms with van der Waals surface area (Å²) in [6.45, 7) is 1.34. The van der Waals surface area contributed by atoms with Crippen molar-refractivity contribution >= 4 is 11.3 Å². The van der Waals surface area contributed by atoms with Gasteiger partial charge in [-0.15, -0.1) is 11.3 Å². The van der Waals surface area contributed by atoms with Crippen molar-refractivity contribution in [3.8, 4) is 22.8 Å². The van der Waals surface area contributed by atoms with Crippen molar-refractivity contribution in [3.63, 3.8) is 0 Å². The smallest absolute Gasteiger partial charge is 0.231 e. The van der Waals surface area contributed by atoms with Crippen molar-refractivity contribution in [3.05, 3.63) is 28.6 Å². The van der Waals surface area contributed by atoms with Crippen LogP contribution in [0.4, 0.5) is 0 Å². The molecule has 0 bridgehead atoms. The van der Waals surface area contributed by atoms with E-state index in [-0.39, 0.29) is 0 Å². The number of benzene rings is 1. The van der Waals surface area contributed by atoms with Gasteiger partial charge in [0.15, 0.2) is 11.5 Å². The molecule has 104 valence electrons. The summed E-state index contributed by atoms with van der Waals surface area (Å²) in [5.74, 6) is 1.63. The van der Waals surface area contributed by atoms with Crippen molar-refractivity contribution in [2.45, 2.75) is 25.3 Å². The Hall–Kier alpha value is -1.59. The highest BCUT2D eigenvalue weighted by molar-refractivity contribution is 7.09. The summed E-state index contributed by atoms with van der Waals surface area (Å²) < 4.78 is 10.7. The number of fused-ring (bicyclic) bond motifs is 1. The van der Waals surface area contributed by atoms with Crippen molar-refractivity contribution < 1.29 is 9.47 Å². The highest BCUT2D eigenvalue weighted by Crippen LogP contribution is 2.36. The van der Waals surface area contributed by atoms with Crippen molar-refractivity contribution in [1.29, 1.82) is 0 Å². The van der Waals surface area contributed by atoms with E-state index in [1.807, 2.05) is 18.2 Å². The first kappa shape index (κ1) is 12.2. The molecule has 2 aromatic rings. The van der Waals surface area contributed by atoms with Gasteiger partial charge in [0.25, 0.3) is 0 Å². The second kappa shape index (κ2) is 5.07. The maximum atomic E-state index is 5.41. The number of ether oxygens (including phenoxy) is 2. The summed E-state index contributed by atoms with van der Waals surface area (Å²) in [6.07, 6.45) is 3.67. The molecule has 2 heterocycles. The lowest BCUT2D eigenvalue weighted by molar-refractivity contribution is 0.174. The maximum absolute atomic E-state index is 5.41. The Kier molecular flexibility index (Phi) is 3.09. The van der Waals surface area contributed by atoms with E-state index >= 15 is 0 Å². The van der Waals surface area contributed by atoms with Gasteiger partial charge in [-0.1, -0.05) is 0 Å². The molecule has 0 amide bonds. The molecule has 1 aliphatic carbocycles. The van der Waals surface area contributed by atoms with Gasteiger partial charge in [-0.05, 0) is 31.0 Å². The first-order chi connectivity index (χ1) is 9.88. The molecule has 1 fully saturated rings. The Bertz CT molecular complexity index is 622. The van der Waals surface area contributed by atoms with Gasteiger partial charge in [0.2, 0.25) is 6.79 Å². The lowest BCUT2D eigenvalue weighted by Gasteiger charge is -2.00. The Morgan fingerprint density at radius 2 is 2.15 bits per heavy atom. The Balaban J connectivity index is 1.46. The molecule has 4 nitrogen and oxygen atoms in total. The third kappa shape index (κ3) is 2.51. The van der Waals surface area contributed by atoms with Crippen molar-refractivity contribution in [2.24, 2.45) is 0 Å². The monoisotopic (exact) mass is 288 g/mol. The van der Waals surface area contributed by atoms with E-state index in [0.29, 0.717) is 6.79 Å². The molecule has 1 N–H and O–H groups in total. The first-order valence-electron chi connectivity index (χ1n) is 6.96. The third-order valence-corrected chi connectivity index (χ3v) is 4.48. The van der Waals surface area contributed by atoms with Crippen LogP contribution in [-0.2, 0) is 6.42 Å². The fraction of sp³-hybridized carbons (Fsp3) is 0.400. The van der Waals surface area contributed by atoms with Crippen LogP contribution in [0.15, 0.2) is 23.6 Å². The van der Waals surface area contributed by atoms with Gasteiger partial charge >= 0.3 is 0 Å². The zero-order valence-electron chi connectivity index (χ0n) is 11.1. The molecule has 5 heteroatoms. The van der Waals surface area contributed by atoms with Gasteiger partial charge in [-0.25, -0.2) is 4.98 Å². The minimum atomic E-state index is 0.313. The average molecular weight is 288 g/mol. The summed E-state index contributed by atoms with van der Waals surface area (Å²) in [5.41, 5.74) is 2.11. The first-order valence-corrected chi connectivity index (χ1v) is 7.84. The van der Waals surface area contributed by atoms with Crippen LogP contribution in [-0.4, -0.2) is 24.4 Å². The second-order valence-electron chi connectivity index (χ2n) is 5.17. The Morgan fingerprint density at radius 1 is 1.25 bits per heavy atom. The third-order valence-electron chi connectivity index (χ3n) is 3.57. The second-order valence-corrected chi connectivity index (χ2v) is 6.12. The van der Waals surface area contributed by atoms with Crippen molar-refractivity contribution in [2.75, 3.05) is 13.3 Å². The normalized spacial score (nSPS) is 16.6. The predicted octanol–water partition coefficient (Wildman–Crippen LogP) is 2.83. The molecule has 1 aromatic carbocycles. The molecule has 1 aromatic heterocycles. The van der Waals surface area contributed by atoms with Gasteiger partial charge in [-0.2, -0.15) is 0 Å². The van der Waals surface area contributed by atoms with E-state index in [9.17, 15) is 0 Å². The fourth-order valence-corrected chi connectivity index (χ4v) is 3.09. The van der Waals surface area contributed by atoms with E-state index in [0.717, 1.165) is 41.8 Å². The van der Waals surface area contributed by atoms with Gasteiger partial charge in [0.05, 0.1) is 10.7 Å². The molecule has 0 unspecified atom stereocenters. The number of hydrogen-bond donors (Lipinski definition) is 1. The van der Waals surface area contributed by atoms with E-state index in [4.69, 9.17) is 14.5 Å². The summed E-state index contributed by atoms with van der Waals surface area (Å²) in [4.78, 5) is 4.71. The van der Waals surface area contributed by atoms with Crippen LogP contribution in [0.1, 0.15) is 17.8 Å². The van der Waals surface area contributed by atoms with Gasteiger partial charge < -0.3 is 14.8 Å². The molecule has 4 rings (SSSR count). The summed E-state index contributed by atoms with van der Waals surface area (Å²) in [5, 5.41) is 6.82. The molecule has 20 heavy (non-hydrogen) atoms. The average Bonchev–Trinajstić information content (AvgIpc) is 2.99. The molecule has 0 atom stereocenters. The molecule has 2 aliphatic rings. The van der Waals surface area contributed by atoms with Crippen molar-refractivity contribution in [1.82, 2.24) is 10.3 Å². The molecule has 1 saturated carbocycles. The summed E-state index contributed by atoms with van der Waals surface area (Å²) in [6, 6.07) is 6.76. The van der Waals surface area contributed by atoms with Gasteiger partial charge in [0, 0.05) is 30.0 Å². The van der Waals surface area contributed by atoms with Crippen LogP contribution < -0.4 is 14.8 Å². The van der Waals surface area contributed by atoms with Gasteiger partial charge in [-0.3, -0.25) is 0 Å². The quantitative estimate of drug-likeness (QED) is 0.919. The van der Waals surface area contributed by atoms with E-state index in [1.165, 1.54) is 17.8 Å². The molecule has 1 aliphatic heterocycles. The number of thiazole rings is 1. The number of nitrogens with zero attached hydrogens (tertiary/aromatic N) is 1. The minimum absolute atomic E-state index is 0.313. The van der Waals surface area contributed by atoms with Crippen LogP contribution in [0.25, 0.3) is 11.3 Å². The molecule has 0 radical (unpaired) electrons. The number of nitrogens with one attached hydrogen (secondary N) is 1. The number of aromatic nitrogens is 1. The topological polar surface area (TPSA) is 43.4 Å². The maximum Gasteiger partial charge on any atom is 0.231 e. The standard InChI is InChI=1S/C15H16N2O2S/c1-4-13-14(19-9-18-13)7-10(1)12-8-20-15(17-12)5-6-16-11-2-3-11/h1,4,7-8,11,16H,2-3,5-6,9H2. The van der Waals surface area contributed by atoms with E-state index < -0.39 is 0 Å². The minimum Gasteiger partial charge on any atom is -0.454 e. The SMILES string of the molecule is c1cc2c(cc1-c1csc(CCNC3CC3)n1)OCO2. The van der Waals surface area contributed by atoms with Crippen LogP contribution in [0.2, 0.25) is 0 Å². The number of rotatable bonds is 5. The zero-order valence-corrected chi connectivity index (χ0v) is 11.9. The summed E-state index contributed by atoms with van der Waals surface area (Å²) in [7, 11) is 0. The van der Waals surface area contributed by atoms with Crippen LogP contribution in [0.3, 0.4) is 0 Å². The highest BCUT2D eigenvalue weighted by atomic mass is 32.1. The Morgan fingerprint density at radius 3 is 3.05 bits per heavy atom. The predicted molar refractivity (Wildman–Crippen MR) is 78.4 cm³/mol.